The molecule has 1 aliphatic heterocycles. The zero-order valence-electron chi connectivity index (χ0n) is 17.8. The number of imide groups is 1. The average Bonchev–Trinajstić information content (AvgIpc) is 3.35. The number of urea groups is 1. The van der Waals surface area contributed by atoms with E-state index < -0.39 is 40.6 Å². The van der Waals surface area contributed by atoms with Crippen LogP contribution in [0.25, 0.3) is 11.3 Å². The van der Waals surface area contributed by atoms with E-state index in [1.807, 2.05) is 0 Å². The molecule has 0 bridgehead atoms. The average molecular weight is 472 g/mol. The first kappa shape index (κ1) is 22.9. The fraction of sp³-hybridized carbons (Fsp3) is 0.227. The number of halogens is 4. The first-order valence-electron chi connectivity index (χ1n) is 9.87. The Labute approximate surface area is 190 Å². The van der Waals surface area contributed by atoms with Crippen molar-refractivity contribution < 1.29 is 27.2 Å². The van der Waals surface area contributed by atoms with Crippen molar-refractivity contribution in [2.24, 2.45) is 0 Å². The molecule has 0 unspecified atom stereocenters. The van der Waals surface area contributed by atoms with Gasteiger partial charge in [-0.05, 0) is 49.7 Å². The largest absolute Gasteiger partial charge is 0.417 e. The minimum Gasteiger partial charge on any atom is -0.305 e. The first-order chi connectivity index (χ1) is 15.9. The summed E-state index contributed by atoms with van der Waals surface area (Å²) in [7, 11) is 0. The predicted molar refractivity (Wildman–Crippen MR) is 110 cm³/mol. The van der Waals surface area contributed by atoms with Gasteiger partial charge in [0.25, 0.3) is 5.91 Å². The van der Waals surface area contributed by atoms with Crippen LogP contribution in [0.15, 0.2) is 42.6 Å². The molecule has 34 heavy (non-hydrogen) atoms. The number of H-pyrrole nitrogens is 1. The van der Waals surface area contributed by atoms with E-state index in [-0.39, 0.29) is 23.5 Å². The summed E-state index contributed by atoms with van der Waals surface area (Å²) in [5.74, 6) is -1.38. The van der Waals surface area contributed by atoms with Crippen molar-refractivity contribution in [1.82, 2.24) is 20.3 Å². The van der Waals surface area contributed by atoms with Gasteiger partial charge in [-0.25, -0.2) is 14.1 Å². The zero-order valence-corrected chi connectivity index (χ0v) is 17.8. The number of anilines is 1. The molecule has 1 fully saturated rings. The summed E-state index contributed by atoms with van der Waals surface area (Å²) in [5, 5.41) is 18.8. The molecule has 8 nitrogen and oxygen atoms in total. The number of hydrogen-bond acceptors (Lipinski definition) is 5. The van der Waals surface area contributed by atoms with Crippen molar-refractivity contribution in [3.8, 4) is 17.3 Å². The zero-order chi connectivity index (χ0) is 24.8. The van der Waals surface area contributed by atoms with Crippen molar-refractivity contribution >= 4 is 17.6 Å². The minimum absolute atomic E-state index is 0.174. The Morgan fingerprint density at radius 2 is 1.88 bits per heavy atom. The summed E-state index contributed by atoms with van der Waals surface area (Å²) in [5.41, 5.74) is -2.81. The Hall–Kier alpha value is -4.27. The topological polar surface area (TPSA) is 106 Å². The van der Waals surface area contributed by atoms with Crippen molar-refractivity contribution in [2.75, 3.05) is 4.90 Å². The lowest BCUT2D eigenvalue weighted by Crippen LogP contribution is -2.43. The summed E-state index contributed by atoms with van der Waals surface area (Å²) in [6.07, 6.45) is -3.51. The van der Waals surface area contributed by atoms with Gasteiger partial charge >= 0.3 is 12.2 Å². The number of benzene rings is 2. The lowest BCUT2D eigenvalue weighted by Gasteiger charge is -2.27. The van der Waals surface area contributed by atoms with E-state index in [0.717, 1.165) is 17.0 Å². The van der Waals surface area contributed by atoms with Gasteiger partial charge in [-0.1, -0.05) is 6.07 Å². The molecule has 0 radical (unpaired) electrons. The smallest absolute Gasteiger partial charge is 0.305 e. The minimum atomic E-state index is -4.86. The van der Waals surface area contributed by atoms with Crippen LogP contribution in [-0.4, -0.2) is 37.8 Å². The van der Waals surface area contributed by atoms with Gasteiger partial charge in [0.2, 0.25) is 0 Å². The number of carbonyl (C=O) groups excluding carboxylic acids is 2. The second-order valence-corrected chi connectivity index (χ2v) is 8.08. The second kappa shape index (κ2) is 7.95. The molecule has 1 saturated heterocycles. The van der Waals surface area contributed by atoms with Crippen LogP contribution in [0.1, 0.15) is 30.5 Å². The molecule has 3 amide bonds. The Balaban J connectivity index is 1.67. The molecule has 0 aliphatic carbocycles. The van der Waals surface area contributed by atoms with E-state index >= 15 is 0 Å². The number of nitrogens with zero attached hydrogens (tertiary/aromatic N) is 5. The van der Waals surface area contributed by atoms with E-state index in [0.29, 0.717) is 16.5 Å². The number of hydrogen-bond donors (Lipinski definition) is 1. The lowest BCUT2D eigenvalue weighted by molar-refractivity contribution is -0.137. The van der Waals surface area contributed by atoms with Gasteiger partial charge < -0.3 is 4.90 Å². The number of alkyl halides is 3. The van der Waals surface area contributed by atoms with Gasteiger partial charge in [0.1, 0.15) is 17.1 Å². The van der Waals surface area contributed by atoms with Crippen molar-refractivity contribution in [3.63, 3.8) is 0 Å². The van der Waals surface area contributed by atoms with Gasteiger partial charge in [0.05, 0.1) is 29.1 Å². The number of carbonyl (C=O) groups is 2. The Morgan fingerprint density at radius 1 is 1.15 bits per heavy atom. The molecule has 1 N–H and O–H groups in total. The second-order valence-electron chi connectivity index (χ2n) is 8.08. The lowest BCUT2D eigenvalue weighted by atomic mass is 10.0. The predicted octanol–water partition coefficient (Wildman–Crippen LogP) is 4.25. The molecule has 0 saturated carbocycles. The fourth-order valence-electron chi connectivity index (χ4n) is 3.71. The van der Waals surface area contributed by atoms with E-state index in [2.05, 4.69) is 15.4 Å². The number of amides is 3. The molecule has 2 heterocycles. The van der Waals surface area contributed by atoms with Crippen LogP contribution in [0.4, 0.5) is 28.0 Å². The molecule has 4 rings (SSSR count). The maximum absolute atomic E-state index is 14.6. The van der Waals surface area contributed by atoms with Crippen LogP contribution in [0.5, 0.6) is 0 Å². The summed E-state index contributed by atoms with van der Waals surface area (Å²) in [6.45, 7) is 2.72. The monoisotopic (exact) mass is 472 g/mol. The van der Waals surface area contributed by atoms with E-state index in [1.165, 1.54) is 38.2 Å². The van der Waals surface area contributed by atoms with Crippen LogP contribution in [0, 0.1) is 17.1 Å². The van der Waals surface area contributed by atoms with Crippen LogP contribution in [-0.2, 0) is 17.5 Å². The Bertz CT molecular complexity index is 1330. The van der Waals surface area contributed by atoms with Crippen molar-refractivity contribution in [1.29, 1.82) is 5.26 Å². The molecule has 0 spiro atoms. The normalized spacial score (nSPS) is 15.7. The number of aromatic nitrogens is 3. The van der Waals surface area contributed by atoms with Crippen LogP contribution >= 0.6 is 0 Å². The van der Waals surface area contributed by atoms with Crippen molar-refractivity contribution in [3.05, 3.63) is 65.1 Å². The summed E-state index contributed by atoms with van der Waals surface area (Å²) in [4.78, 5) is 28.0. The van der Waals surface area contributed by atoms with E-state index in [4.69, 9.17) is 5.26 Å². The van der Waals surface area contributed by atoms with Crippen LogP contribution in [0.2, 0.25) is 0 Å². The third kappa shape index (κ3) is 3.75. The highest BCUT2D eigenvalue weighted by atomic mass is 19.4. The first-order valence-corrected chi connectivity index (χ1v) is 9.87. The molecule has 12 heteroatoms. The number of rotatable bonds is 4. The quantitative estimate of drug-likeness (QED) is 0.452. The molecule has 1 aliphatic rings. The molecular formula is C22H16F4N6O2. The number of aromatic amines is 1. The third-order valence-electron chi connectivity index (χ3n) is 5.58. The van der Waals surface area contributed by atoms with E-state index in [9.17, 15) is 27.2 Å². The SMILES string of the molecule is CC1(C)C(=O)N(c2ccc(C#N)c(C(F)(F)F)c2)C(=O)N1Cc1ccc(-c2cn[nH]n2)c(F)c1. The van der Waals surface area contributed by atoms with Crippen LogP contribution < -0.4 is 4.90 Å². The summed E-state index contributed by atoms with van der Waals surface area (Å²) in [6, 6.07) is 7.39. The van der Waals surface area contributed by atoms with E-state index in [1.54, 1.807) is 6.07 Å². The highest BCUT2D eigenvalue weighted by molar-refractivity contribution is 6.23. The van der Waals surface area contributed by atoms with Gasteiger partial charge in [-0.3, -0.25) is 4.79 Å². The standard InChI is InChI=1S/C22H16F4N6O2/c1-21(2)19(33)32(14-5-4-13(9-27)16(8-14)22(24,25)26)20(34)31(21)11-12-3-6-15(17(23)7-12)18-10-28-30-29-18/h3-8,10H,11H2,1-2H3,(H,28,29,30). The molecule has 1 aromatic heterocycles. The number of nitriles is 1. The molecule has 174 valence electrons. The maximum Gasteiger partial charge on any atom is 0.417 e. The Kier molecular flexibility index (Phi) is 5.35. The van der Waals surface area contributed by atoms with Gasteiger partial charge in [0, 0.05) is 12.1 Å². The van der Waals surface area contributed by atoms with Crippen LogP contribution in [0.3, 0.4) is 0 Å². The summed E-state index contributed by atoms with van der Waals surface area (Å²) >= 11 is 0. The third-order valence-corrected chi connectivity index (χ3v) is 5.58. The molecular weight excluding hydrogens is 456 g/mol. The molecule has 0 atom stereocenters. The molecule has 3 aromatic rings. The highest BCUT2D eigenvalue weighted by Gasteiger charge is 2.52. The fourth-order valence-corrected chi connectivity index (χ4v) is 3.71. The number of nitrogens with one attached hydrogen (secondary N) is 1. The van der Waals surface area contributed by atoms with Gasteiger partial charge in [-0.15, -0.1) is 0 Å². The van der Waals surface area contributed by atoms with Gasteiger partial charge in [0.15, 0.2) is 0 Å². The highest BCUT2D eigenvalue weighted by Crippen LogP contribution is 2.38. The Morgan fingerprint density at radius 3 is 2.47 bits per heavy atom. The summed E-state index contributed by atoms with van der Waals surface area (Å²) < 4.78 is 54.8. The van der Waals surface area contributed by atoms with Crippen molar-refractivity contribution in [2.45, 2.75) is 32.1 Å². The molecule has 2 aromatic carbocycles. The van der Waals surface area contributed by atoms with Gasteiger partial charge in [-0.2, -0.15) is 33.8 Å². The maximum atomic E-state index is 14.6.